The zero-order valence-corrected chi connectivity index (χ0v) is 22.9. The van der Waals surface area contributed by atoms with E-state index in [2.05, 4.69) is 4.99 Å². The molecule has 0 aliphatic carbocycles. The van der Waals surface area contributed by atoms with Crippen LogP contribution in [-0.4, -0.2) is 54.9 Å². The molecule has 0 aliphatic rings. The minimum Gasteiger partial charge on any atom is -0.383 e. The van der Waals surface area contributed by atoms with Crippen molar-refractivity contribution in [2.24, 2.45) is 4.99 Å². The van der Waals surface area contributed by atoms with Crippen LogP contribution in [0, 0.1) is 10.1 Å². The zero-order valence-electron chi connectivity index (χ0n) is 21.3. The van der Waals surface area contributed by atoms with Gasteiger partial charge in [0.1, 0.15) is 0 Å². The number of ether oxygens (including phenoxy) is 1. The van der Waals surface area contributed by atoms with Gasteiger partial charge in [-0.1, -0.05) is 38.0 Å². The number of amides is 1. The summed E-state index contributed by atoms with van der Waals surface area (Å²) in [7, 11) is -2.13. The molecule has 1 heterocycles. The summed E-state index contributed by atoms with van der Waals surface area (Å²) < 4.78 is 35.5. The van der Waals surface area contributed by atoms with E-state index in [9.17, 15) is 23.3 Å². The second-order valence-corrected chi connectivity index (χ2v) is 11.4. The number of sulfonamides is 1. The minimum absolute atomic E-state index is 0.0574. The Labute approximate surface area is 220 Å². The number of thiazole rings is 1. The van der Waals surface area contributed by atoms with Crippen LogP contribution in [0.4, 0.5) is 5.69 Å². The molecule has 1 amide bonds. The van der Waals surface area contributed by atoms with Crippen LogP contribution < -0.4 is 4.80 Å². The number of unbranched alkanes of at least 4 members (excludes halogenated alkanes) is 2. The Hall–Kier alpha value is -2.93. The van der Waals surface area contributed by atoms with Crippen molar-refractivity contribution in [1.29, 1.82) is 0 Å². The Bertz CT molecular complexity index is 1400. The molecule has 3 aromatic rings. The van der Waals surface area contributed by atoms with Gasteiger partial charge >= 0.3 is 0 Å². The topological polar surface area (TPSA) is 124 Å². The molecule has 0 N–H and O–H groups in total. The van der Waals surface area contributed by atoms with E-state index in [0.717, 1.165) is 30.4 Å². The summed E-state index contributed by atoms with van der Waals surface area (Å²) in [4.78, 5) is 28.5. The van der Waals surface area contributed by atoms with Crippen LogP contribution in [0.25, 0.3) is 10.2 Å². The van der Waals surface area contributed by atoms with E-state index in [1.807, 2.05) is 13.8 Å². The standard InChI is InChI=1S/C25H32N4O6S2/c1-4-6-14-27(15-7-5-2)37(33,34)21-11-8-19(9-12-21)24(30)26-25-28(16-17-35-3)22-18-20(29(31)32)10-13-23(22)36-25/h8-13,18H,4-7,14-17H2,1-3H3. The van der Waals surface area contributed by atoms with Crippen molar-refractivity contribution in [1.82, 2.24) is 8.87 Å². The second-order valence-electron chi connectivity index (χ2n) is 8.49. The molecular formula is C25H32N4O6S2. The fourth-order valence-corrected chi connectivity index (χ4v) is 6.30. The molecule has 1 aromatic heterocycles. The summed E-state index contributed by atoms with van der Waals surface area (Å²) in [6.45, 7) is 5.64. The number of rotatable bonds is 13. The van der Waals surface area contributed by atoms with Gasteiger partial charge < -0.3 is 9.30 Å². The summed E-state index contributed by atoms with van der Waals surface area (Å²) >= 11 is 1.24. The number of non-ortho nitro benzene ring substituents is 1. The van der Waals surface area contributed by atoms with E-state index in [-0.39, 0.29) is 16.1 Å². The third-order valence-corrected chi connectivity index (χ3v) is 8.83. The molecule has 0 bridgehead atoms. The minimum atomic E-state index is -3.67. The van der Waals surface area contributed by atoms with Crippen LogP contribution in [0.2, 0.25) is 0 Å². The van der Waals surface area contributed by atoms with Crippen molar-refractivity contribution in [3.8, 4) is 0 Å². The maximum Gasteiger partial charge on any atom is 0.279 e. The number of carbonyl (C=O) groups excluding carboxylic acids is 1. The number of carbonyl (C=O) groups is 1. The van der Waals surface area contributed by atoms with Crippen LogP contribution in [0.3, 0.4) is 0 Å². The van der Waals surface area contributed by atoms with Crippen LogP contribution in [0.15, 0.2) is 52.4 Å². The molecule has 0 saturated carbocycles. The highest BCUT2D eigenvalue weighted by molar-refractivity contribution is 7.89. The summed E-state index contributed by atoms with van der Waals surface area (Å²) in [5, 5.41) is 11.2. The van der Waals surface area contributed by atoms with Gasteiger partial charge in [0.2, 0.25) is 10.0 Å². The lowest BCUT2D eigenvalue weighted by atomic mass is 10.2. The lowest BCUT2D eigenvalue weighted by Crippen LogP contribution is -2.33. The van der Waals surface area contributed by atoms with Crippen LogP contribution in [0.5, 0.6) is 0 Å². The second kappa shape index (κ2) is 13.0. The molecule has 0 unspecified atom stereocenters. The summed E-state index contributed by atoms with van der Waals surface area (Å²) in [5.74, 6) is -0.537. The molecule has 0 aliphatic heterocycles. The molecule has 200 valence electrons. The molecular weight excluding hydrogens is 516 g/mol. The highest BCUT2D eigenvalue weighted by Crippen LogP contribution is 2.23. The maximum atomic E-state index is 13.2. The van der Waals surface area contributed by atoms with Crippen molar-refractivity contribution in [2.45, 2.75) is 51.0 Å². The molecule has 0 saturated heterocycles. The van der Waals surface area contributed by atoms with E-state index >= 15 is 0 Å². The van der Waals surface area contributed by atoms with E-state index in [1.54, 1.807) is 17.7 Å². The Kier molecular flexibility index (Phi) is 10.1. The van der Waals surface area contributed by atoms with Gasteiger partial charge in [-0.2, -0.15) is 9.30 Å². The number of hydrogen-bond acceptors (Lipinski definition) is 7. The Morgan fingerprint density at radius 3 is 2.32 bits per heavy atom. The van der Waals surface area contributed by atoms with Crippen LogP contribution >= 0.6 is 11.3 Å². The predicted molar refractivity (Wildman–Crippen MR) is 143 cm³/mol. The van der Waals surface area contributed by atoms with Gasteiger partial charge in [0, 0.05) is 44.4 Å². The Morgan fingerprint density at radius 1 is 1.11 bits per heavy atom. The quantitative estimate of drug-likeness (QED) is 0.227. The number of methoxy groups -OCH3 is 1. The molecule has 0 spiro atoms. The normalized spacial score (nSPS) is 12.5. The Balaban J connectivity index is 1.94. The monoisotopic (exact) mass is 548 g/mol. The van der Waals surface area contributed by atoms with Gasteiger partial charge in [-0.05, 0) is 43.2 Å². The molecule has 0 fully saturated rings. The summed E-state index contributed by atoms with van der Waals surface area (Å²) in [5.41, 5.74) is 0.774. The molecule has 12 heteroatoms. The first-order valence-corrected chi connectivity index (χ1v) is 14.4. The highest BCUT2D eigenvalue weighted by Gasteiger charge is 2.24. The largest absolute Gasteiger partial charge is 0.383 e. The van der Waals surface area contributed by atoms with Crippen molar-refractivity contribution in [3.05, 3.63) is 62.9 Å². The van der Waals surface area contributed by atoms with Crippen LogP contribution in [0.1, 0.15) is 49.9 Å². The fraction of sp³-hybridized carbons (Fsp3) is 0.440. The predicted octanol–water partition coefficient (Wildman–Crippen LogP) is 4.59. The number of aromatic nitrogens is 1. The first-order chi connectivity index (χ1) is 17.7. The summed E-state index contributed by atoms with van der Waals surface area (Å²) in [6, 6.07) is 10.3. The van der Waals surface area contributed by atoms with E-state index in [4.69, 9.17) is 4.74 Å². The first-order valence-electron chi connectivity index (χ1n) is 12.2. The van der Waals surface area contributed by atoms with Gasteiger partial charge in [0.25, 0.3) is 11.6 Å². The number of fused-ring (bicyclic) bond motifs is 1. The van der Waals surface area contributed by atoms with Gasteiger partial charge in [0.15, 0.2) is 4.80 Å². The lowest BCUT2D eigenvalue weighted by molar-refractivity contribution is -0.384. The molecule has 0 atom stereocenters. The van der Waals surface area contributed by atoms with E-state index in [0.29, 0.717) is 36.6 Å². The van der Waals surface area contributed by atoms with Crippen molar-refractivity contribution < 1.29 is 22.9 Å². The van der Waals surface area contributed by atoms with Gasteiger partial charge in [-0.3, -0.25) is 14.9 Å². The number of hydrogen-bond donors (Lipinski definition) is 0. The first kappa shape index (κ1) is 28.6. The third-order valence-electron chi connectivity index (χ3n) is 5.85. The smallest absolute Gasteiger partial charge is 0.279 e. The average molecular weight is 549 g/mol. The number of benzene rings is 2. The van der Waals surface area contributed by atoms with E-state index < -0.39 is 20.9 Å². The fourth-order valence-electron chi connectivity index (χ4n) is 3.75. The maximum absolute atomic E-state index is 13.2. The molecule has 0 radical (unpaired) electrons. The van der Waals surface area contributed by atoms with Gasteiger partial charge in [-0.15, -0.1) is 0 Å². The third kappa shape index (κ3) is 6.89. The van der Waals surface area contributed by atoms with Crippen molar-refractivity contribution >= 4 is 43.2 Å². The number of nitro groups is 1. The molecule has 37 heavy (non-hydrogen) atoms. The van der Waals surface area contributed by atoms with Crippen LogP contribution in [-0.2, 0) is 21.3 Å². The number of nitro benzene ring substituents is 1. The van der Waals surface area contributed by atoms with Crippen molar-refractivity contribution in [2.75, 3.05) is 26.8 Å². The number of nitrogens with zero attached hydrogens (tertiary/aromatic N) is 4. The Morgan fingerprint density at radius 2 is 1.76 bits per heavy atom. The van der Waals surface area contributed by atoms with E-state index in [1.165, 1.54) is 52.0 Å². The average Bonchev–Trinajstić information content (AvgIpc) is 3.23. The molecule has 2 aromatic carbocycles. The summed E-state index contributed by atoms with van der Waals surface area (Å²) in [6.07, 6.45) is 3.34. The van der Waals surface area contributed by atoms with Gasteiger partial charge in [0.05, 0.1) is 26.6 Å². The van der Waals surface area contributed by atoms with Crippen molar-refractivity contribution in [3.63, 3.8) is 0 Å². The zero-order chi connectivity index (χ0) is 27.0. The highest BCUT2D eigenvalue weighted by atomic mass is 32.2. The van der Waals surface area contributed by atoms with Gasteiger partial charge in [-0.25, -0.2) is 8.42 Å². The molecule has 10 nitrogen and oxygen atoms in total. The SMILES string of the molecule is CCCCN(CCCC)S(=O)(=O)c1ccc(C(=O)N=c2sc3ccc([N+](=O)[O-])cc3n2CCOC)cc1. The molecule has 3 rings (SSSR count). The lowest BCUT2D eigenvalue weighted by Gasteiger charge is -2.22.